The molecule has 2 aliphatic carbocycles. The van der Waals surface area contributed by atoms with Crippen LogP contribution in [0.1, 0.15) is 81.4 Å². The van der Waals surface area contributed by atoms with Crippen molar-refractivity contribution < 1.29 is 23.7 Å². The predicted molar refractivity (Wildman–Crippen MR) is 171 cm³/mol. The number of methoxy groups -OCH3 is 1. The normalized spacial score (nSPS) is 28.7. The third kappa shape index (κ3) is 9.05. The van der Waals surface area contributed by atoms with Gasteiger partial charge in [-0.15, -0.1) is 0 Å². The number of aliphatic imine (C=N–C) groups is 2. The summed E-state index contributed by atoms with van der Waals surface area (Å²) in [4.78, 5) is 10.1. The van der Waals surface area contributed by atoms with E-state index in [0.29, 0.717) is 25.3 Å². The van der Waals surface area contributed by atoms with Crippen LogP contribution in [0.5, 0.6) is 17.2 Å². The van der Waals surface area contributed by atoms with Crippen LogP contribution in [0.25, 0.3) is 0 Å². The van der Waals surface area contributed by atoms with Gasteiger partial charge in [0.2, 0.25) is 0 Å². The van der Waals surface area contributed by atoms with Crippen LogP contribution < -0.4 is 14.2 Å². The summed E-state index contributed by atoms with van der Waals surface area (Å²) in [6.07, 6.45) is 16.9. The summed E-state index contributed by atoms with van der Waals surface area (Å²) in [6, 6.07) is 13.4. The number of nitrogens with zero attached hydrogens (tertiary/aromatic N) is 2. The minimum atomic E-state index is 0.226. The Balaban J connectivity index is 0.958. The lowest BCUT2D eigenvalue weighted by molar-refractivity contribution is 0.224. The molecule has 7 nitrogen and oxygen atoms in total. The lowest BCUT2D eigenvalue weighted by Crippen LogP contribution is -2.24. The molecule has 2 aromatic rings. The van der Waals surface area contributed by atoms with E-state index in [2.05, 4.69) is 37.4 Å². The first-order chi connectivity index (χ1) is 21.1. The third-order valence-electron chi connectivity index (χ3n) is 9.42. The van der Waals surface area contributed by atoms with E-state index in [1.54, 1.807) is 7.11 Å². The third-order valence-corrected chi connectivity index (χ3v) is 9.42. The summed E-state index contributed by atoms with van der Waals surface area (Å²) >= 11 is 0. The van der Waals surface area contributed by atoms with Crippen molar-refractivity contribution in [2.45, 2.75) is 95.4 Å². The van der Waals surface area contributed by atoms with Crippen molar-refractivity contribution in [1.29, 1.82) is 0 Å². The first-order valence-corrected chi connectivity index (χ1v) is 16.5. The topological polar surface area (TPSA) is 77.5 Å². The number of hydrogen-bond donors (Lipinski definition) is 0. The van der Waals surface area contributed by atoms with Gasteiger partial charge < -0.3 is 23.7 Å². The van der Waals surface area contributed by atoms with E-state index in [1.807, 2.05) is 18.3 Å². The Hall–Kier alpha value is -2.90. The van der Waals surface area contributed by atoms with Crippen molar-refractivity contribution in [3.8, 4) is 17.2 Å². The van der Waals surface area contributed by atoms with Crippen molar-refractivity contribution in [2.75, 3.05) is 33.5 Å². The Morgan fingerprint density at radius 2 is 1.49 bits per heavy atom. The summed E-state index contributed by atoms with van der Waals surface area (Å²) in [7, 11) is 1.68. The van der Waals surface area contributed by atoms with Gasteiger partial charge in [0.1, 0.15) is 31.2 Å². The second-order valence-corrected chi connectivity index (χ2v) is 12.8. The van der Waals surface area contributed by atoms with Crippen LogP contribution >= 0.6 is 0 Å². The number of ether oxygens (including phenoxy) is 5. The molecule has 2 heterocycles. The van der Waals surface area contributed by atoms with Crippen molar-refractivity contribution in [1.82, 2.24) is 0 Å². The summed E-state index contributed by atoms with van der Waals surface area (Å²) in [5.74, 6) is 4.03. The van der Waals surface area contributed by atoms with Crippen LogP contribution in [0.4, 0.5) is 0 Å². The molecule has 2 saturated carbocycles. The minimum absolute atomic E-state index is 0.226. The molecule has 0 aromatic heterocycles. The van der Waals surface area contributed by atoms with Crippen LogP contribution in [0, 0.1) is 11.8 Å². The predicted octanol–water partition coefficient (Wildman–Crippen LogP) is 6.86. The highest BCUT2D eigenvalue weighted by Crippen LogP contribution is 2.37. The van der Waals surface area contributed by atoms with E-state index < -0.39 is 0 Å². The summed E-state index contributed by atoms with van der Waals surface area (Å²) in [5, 5.41) is 0. The molecule has 2 aliphatic heterocycles. The molecule has 0 amide bonds. The second-order valence-electron chi connectivity index (χ2n) is 12.8. The fourth-order valence-corrected chi connectivity index (χ4v) is 6.62. The molecule has 4 atom stereocenters. The van der Waals surface area contributed by atoms with Gasteiger partial charge in [0.25, 0.3) is 0 Å². The van der Waals surface area contributed by atoms with Gasteiger partial charge in [-0.05, 0) is 105 Å². The van der Waals surface area contributed by atoms with E-state index in [1.165, 1.54) is 63.4 Å². The first kappa shape index (κ1) is 30.1. The lowest BCUT2D eigenvalue weighted by atomic mass is 9.75. The molecule has 6 rings (SSSR count). The van der Waals surface area contributed by atoms with E-state index in [-0.39, 0.29) is 12.2 Å². The van der Waals surface area contributed by atoms with Crippen LogP contribution in [0.3, 0.4) is 0 Å². The smallest absolute Gasteiger partial charge is 0.161 e. The molecule has 0 radical (unpaired) electrons. The SMILES string of the molecule is CCc1ccc(OCC2CO2)c(C=NC2CCCC(CC3CCC(N=Cc4ccc(OCC5CO5)c(OC)c4)CC3)C2)c1. The molecular formula is C36H48N2O5. The molecule has 2 aromatic carbocycles. The van der Waals surface area contributed by atoms with Crippen molar-refractivity contribution in [2.24, 2.45) is 21.8 Å². The fourth-order valence-electron chi connectivity index (χ4n) is 6.62. The van der Waals surface area contributed by atoms with Gasteiger partial charge in [-0.3, -0.25) is 9.98 Å². The Kier molecular flexibility index (Phi) is 10.3. The van der Waals surface area contributed by atoms with Crippen LogP contribution in [-0.4, -0.2) is 70.3 Å². The maximum absolute atomic E-state index is 6.07. The Labute approximate surface area is 257 Å². The number of rotatable bonds is 14. The average Bonchev–Trinajstić information content (AvgIpc) is 3.98. The number of hydrogen-bond acceptors (Lipinski definition) is 7. The quantitative estimate of drug-likeness (QED) is 0.178. The molecule has 7 heteroatoms. The van der Waals surface area contributed by atoms with Crippen LogP contribution in [0.15, 0.2) is 46.4 Å². The first-order valence-electron chi connectivity index (χ1n) is 16.5. The van der Waals surface area contributed by atoms with Gasteiger partial charge in [0.15, 0.2) is 11.5 Å². The largest absolute Gasteiger partial charge is 0.493 e. The van der Waals surface area contributed by atoms with Crippen LogP contribution in [-0.2, 0) is 15.9 Å². The van der Waals surface area contributed by atoms with Crippen molar-refractivity contribution in [3.05, 3.63) is 53.1 Å². The molecule has 0 spiro atoms. The summed E-state index contributed by atoms with van der Waals surface area (Å²) < 4.78 is 28.0. The van der Waals surface area contributed by atoms with Crippen molar-refractivity contribution >= 4 is 12.4 Å². The van der Waals surface area contributed by atoms with Crippen LogP contribution in [0.2, 0.25) is 0 Å². The molecule has 4 fully saturated rings. The zero-order valence-electron chi connectivity index (χ0n) is 25.9. The van der Waals surface area contributed by atoms with Gasteiger partial charge in [-0.25, -0.2) is 0 Å². The second kappa shape index (κ2) is 14.7. The molecular weight excluding hydrogens is 540 g/mol. The van der Waals surface area contributed by atoms with Gasteiger partial charge in [-0.2, -0.15) is 0 Å². The maximum atomic E-state index is 6.07. The number of aryl methyl sites for hydroxylation is 1. The number of benzene rings is 2. The number of epoxide rings is 2. The fraction of sp³-hybridized carbons (Fsp3) is 0.611. The molecule has 0 bridgehead atoms. The van der Waals surface area contributed by atoms with Gasteiger partial charge >= 0.3 is 0 Å². The van der Waals surface area contributed by atoms with E-state index >= 15 is 0 Å². The molecule has 4 aliphatic rings. The van der Waals surface area contributed by atoms with E-state index in [9.17, 15) is 0 Å². The van der Waals surface area contributed by atoms with Crippen molar-refractivity contribution in [3.63, 3.8) is 0 Å². The summed E-state index contributed by atoms with van der Waals surface area (Å²) in [6.45, 7) is 4.99. The van der Waals surface area contributed by atoms with Gasteiger partial charge in [-0.1, -0.05) is 25.8 Å². The zero-order chi connectivity index (χ0) is 29.4. The molecule has 43 heavy (non-hydrogen) atoms. The molecule has 0 N–H and O–H groups in total. The monoisotopic (exact) mass is 588 g/mol. The highest BCUT2D eigenvalue weighted by Gasteiger charge is 2.28. The minimum Gasteiger partial charge on any atom is -0.493 e. The highest BCUT2D eigenvalue weighted by atomic mass is 16.6. The van der Waals surface area contributed by atoms with Gasteiger partial charge in [0, 0.05) is 24.0 Å². The molecule has 4 unspecified atom stereocenters. The average molecular weight is 589 g/mol. The van der Waals surface area contributed by atoms with E-state index in [4.69, 9.17) is 33.7 Å². The standard InChI is InChI=1S/C36H48N2O5/c1-3-25-9-13-34(42-23-32-21-40-32)29(16-25)20-38-31-6-4-5-27(17-31)15-26-7-11-30(12-8-26)37-19-28-10-14-35(36(18-28)39-2)43-24-33-22-41-33/h9-10,13-14,16,18-20,26-27,30-33H,3-8,11-12,15,17,21-24H2,1-2H3. The summed E-state index contributed by atoms with van der Waals surface area (Å²) in [5.41, 5.74) is 3.48. The van der Waals surface area contributed by atoms with Gasteiger partial charge in [0.05, 0.1) is 26.4 Å². The van der Waals surface area contributed by atoms with E-state index in [0.717, 1.165) is 59.8 Å². The maximum Gasteiger partial charge on any atom is 0.161 e. The highest BCUT2D eigenvalue weighted by molar-refractivity contribution is 5.84. The Morgan fingerprint density at radius 3 is 2.21 bits per heavy atom. The zero-order valence-corrected chi connectivity index (χ0v) is 25.9. The Morgan fingerprint density at radius 1 is 0.767 bits per heavy atom. The Bertz CT molecular complexity index is 1250. The molecule has 232 valence electrons. The lowest BCUT2D eigenvalue weighted by Gasteiger charge is -2.32. The molecule has 2 saturated heterocycles.